The van der Waals surface area contributed by atoms with Crippen LogP contribution in [0.2, 0.25) is 0 Å². The molecule has 1 N–H and O–H groups in total. The average Bonchev–Trinajstić information content (AvgIpc) is 3.04. The summed E-state index contributed by atoms with van der Waals surface area (Å²) in [5.74, 6) is 1.13. The SMILES string of the molecule is COc1ccc(-c2cc3c(SCC(=O)NC(C)C)nccn3n2)cc1. The fraction of sp³-hybridized carbons (Fsp3) is 0.278. The van der Waals surface area contributed by atoms with E-state index in [-0.39, 0.29) is 11.9 Å². The topological polar surface area (TPSA) is 68.5 Å². The van der Waals surface area contributed by atoms with Crippen LogP contribution < -0.4 is 10.1 Å². The van der Waals surface area contributed by atoms with Gasteiger partial charge in [-0.1, -0.05) is 11.8 Å². The summed E-state index contributed by atoms with van der Waals surface area (Å²) in [5, 5.41) is 8.26. The van der Waals surface area contributed by atoms with E-state index < -0.39 is 0 Å². The van der Waals surface area contributed by atoms with Gasteiger partial charge in [0, 0.05) is 24.0 Å². The monoisotopic (exact) mass is 356 g/mol. The van der Waals surface area contributed by atoms with Crippen LogP contribution >= 0.6 is 11.8 Å². The first-order chi connectivity index (χ1) is 12.1. The predicted octanol–water partition coefficient (Wildman–Crippen LogP) is 3.02. The van der Waals surface area contributed by atoms with Crippen LogP contribution in [0.3, 0.4) is 0 Å². The zero-order chi connectivity index (χ0) is 17.8. The van der Waals surface area contributed by atoms with E-state index >= 15 is 0 Å². The smallest absolute Gasteiger partial charge is 0.230 e. The molecule has 0 saturated heterocycles. The van der Waals surface area contributed by atoms with Gasteiger partial charge in [0.15, 0.2) is 0 Å². The molecule has 6 nitrogen and oxygen atoms in total. The average molecular weight is 356 g/mol. The minimum absolute atomic E-state index is 0.00121. The number of carbonyl (C=O) groups is 1. The summed E-state index contributed by atoms with van der Waals surface area (Å²) in [4.78, 5) is 16.3. The molecule has 2 aromatic heterocycles. The van der Waals surface area contributed by atoms with Crippen molar-refractivity contribution < 1.29 is 9.53 Å². The lowest BCUT2D eigenvalue weighted by atomic mass is 10.1. The number of fused-ring (bicyclic) bond motifs is 1. The number of ether oxygens (including phenoxy) is 1. The molecule has 3 rings (SSSR count). The number of benzene rings is 1. The molecule has 0 aliphatic carbocycles. The molecule has 0 saturated carbocycles. The highest BCUT2D eigenvalue weighted by atomic mass is 32.2. The molecule has 130 valence electrons. The van der Waals surface area contributed by atoms with Gasteiger partial charge < -0.3 is 10.1 Å². The highest BCUT2D eigenvalue weighted by molar-refractivity contribution is 8.00. The molecular formula is C18H20N4O2S. The summed E-state index contributed by atoms with van der Waals surface area (Å²) in [6.07, 6.45) is 3.50. The largest absolute Gasteiger partial charge is 0.497 e. The van der Waals surface area contributed by atoms with Gasteiger partial charge in [0.2, 0.25) is 5.91 Å². The van der Waals surface area contributed by atoms with Crippen molar-refractivity contribution >= 4 is 23.2 Å². The van der Waals surface area contributed by atoms with Gasteiger partial charge in [-0.25, -0.2) is 9.50 Å². The second kappa shape index (κ2) is 7.57. The van der Waals surface area contributed by atoms with Crippen LogP contribution in [0, 0.1) is 0 Å². The molecule has 2 heterocycles. The maximum Gasteiger partial charge on any atom is 0.230 e. The quantitative estimate of drug-likeness (QED) is 0.688. The summed E-state index contributed by atoms with van der Waals surface area (Å²) in [6.45, 7) is 3.89. The fourth-order valence-electron chi connectivity index (χ4n) is 2.41. The van der Waals surface area contributed by atoms with E-state index in [1.54, 1.807) is 24.0 Å². The highest BCUT2D eigenvalue weighted by Crippen LogP contribution is 2.26. The van der Waals surface area contributed by atoms with E-state index in [1.165, 1.54) is 11.8 Å². The minimum Gasteiger partial charge on any atom is -0.497 e. The Bertz CT molecular complexity index is 874. The molecule has 0 unspecified atom stereocenters. The van der Waals surface area contributed by atoms with Crippen molar-refractivity contribution in [1.82, 2.24) is 19.9 Å². The third-order valence-corrected chi connectivity index (χ3v) is 4.52. The van der Waals surface area contributed by atoms with Gasteiger partial charge in [-0.2, -0.15) is 5.10 Å². The number of thioether (sulfide) groups is 1. The van der Waals surface area contributed by atoms with E-state index in [0.717, 1.165) is 27.5 Å². The molecule has 0 atom stereocenters. The van der Waals surface area contributed by atoms with Crippen LogP contribution in [0.1, 0.15) is 13.8 Å². The Morgan fingerprint density at radius 3 is 2.76 bits per heavy atom. The Morgan fingerprint density at radius 1 is 1.32 bits per heavy atom. The summed E-state index contributed by atoms with van der Waals surface area (Å²) >= 11 is 1.41. The number of nitrogens with zero attached hydrogens (tertiary/aromatic N) is 3. The molecule has 0 fully saturated rings. The van der Waals surface area contributed by atoms with E-state index in [1.807, 2.05) is 44.2 Å². The van der Waals surface area contributed by atoms with Crippen molar-refractivity contribution in [2.45, 2.75) is 24.9 Å². The summed E-state index contributed by atoms with van der Waals surface area (Å²) in [7, 11) is 1.64. The van der Waals surface area contributed by atoms with Crippen LogP contribution in [0.25, 0.3) is 16.8 Å². The number of methoxy groups -OCH3 is 1. The highest BCUT2D eigenvalue weighted by Gasteiger charge is 2.12. The number of rotatable bonds is 6. The number of hydrogen-bond acceptors (Lipinski definition) is 5. The molecule has 7 heteroatoms. The lowest BCUT2D eigenvalue weighted by Gasteiger charge is -2.07. The van der Waals surface area contributed by atoms with Crippen LogP contribution in [-0.4, -0.2) is 39.4 Å². The third kappa shape index (κ3) is 4.11. The molecule has 1 aromatic carbocycles. The van der Waals surface area contributed by atoms with Crippen molar-refractivity contribution in [1.29, 1.82) is 0 Å². The van der Waals surface area contributed by atoms with Crippen LogP contribution in [0.4, 0.5) is 0 Å². The molecule has 0 aliphatic rings. The van der Waals surface area contributed by atoms with Gasteiger partial charge in [-0.15, -0.1) is 0 Å². The van der Waals surface area contributed by atoms with Gasteiger partial charge in [-0.3, -0.25) is 4.79 Å². The zero-order valence-corrected chi connectivity index (χ0v) is 15.2. The molecule has 1 amide bonds. The van der Waals surface area contributed by atoms with E-state index in [4.69, 9.17) is 4.74 Å². The molecule has 0 bridgehead atoms. The van der Waals surface area contributed by atoms with Gasteiger partial charge in [0.25, 0.3) is 0 Å². The Balaban J connectivity index is 1.83. The third-order valence-electron chi connectivity index (χ3n) is 3.53. The van der Waals surface area contributed by atoms with E-state index in [9.17, 15) is 4.79 Å². The van der Waals surface area contributed by atoms with Crippen molar-refractivity contribution in [3.63, 3.8) is 0 Å². The summed E-state index contributed by atoms with van der Waals surface area (Å²) in [5.41, 5.74) is 2.73. The molecular weight excluding hydrogens is 336 g/mol. The minimum atomic E-state index is -0.00121. The molecule has 25 heavy (non-hydrogen) atoms. The van der Waals surface area contributed by atoms with E-state index in [2.05, 4.69) is 15.4 Å². The second-order valence-electron chi connectivity index (χ2n) is 5.83. The lowest BCUT2D eigenvalue weighted by molar-refractivity contribution is -0.119. The first-order valence-corrected chi connectivity index (χ1v) is 8.96. The van der Waals surface area contributed by atoms with Crippen molar-refractivity contribution in [3.8, 4) is 17.0 Å². The van der Waals surface area contributed by atoms with E-state index in [0.29, 0.717) is 5.75 Å². The molecule has 3 aromatic rings. The first-order valence-electron chi connectivity index (χ1n) is 7.98. The van der Waals surface area contributed by atoms with Crippen LogP contribution in [-0.2, 0) is 4.79 Å². The van der Waals surface area contributed by atoms with Crippen LogP contribution in [0.15, 0.2) is 47.8 Å². The second-order valence-corrected chi connectivity index (χ2v) is 6.80. The number of hydrogen-bond donors (Lipinski definition) is 1. The van der Waals surface area contributed by atoms with Gasteiger partial charge in [-0.05, 0) is 44.2 Å². The standard InChI is InChI=1S/C18H20N4O2S/c1-12(2)20-17(23)11-25-18-16-10-15(21-22(16)9-8-19-18)13-4-6-14(24-3)7-5-13/h4-10,12H,11H2,1-3H3,(H,20,23). The van der Waals surface area contributed by atoms with Crippen LogP contribution in [0.5, 0.6) is 5.75 Å². The van der Waals surface area contributed by atoms with Gasteiger partial charge in [0.1, 0.15) is 10.8 Å². The van der Waals surface area contributed by atoms with Gasteiger partial charge in [0.05, 0.1) is 24.1 Å². The number of amides is 1. The lowest BCUT2D eigenvalue weighted by Crippen LogP contribution is -2.31. The van der Waals surface area contributed by atoms with Gasteiger partial charge >= 0.3 is 0 Å². The number of nitrogens with one attached hydrogen (secondary N) is 1. The first kappa shape index (κ1) is 17.3. The Labute approximate surface area is 150 Å². The summed E-state index contributed by atoms with van der Waals surface area (Å²) < 4.78 is 6.97. The zero-order valence-electron chi connectivity index (χ0n) is 14.4. The Kier molecular flexibility index (Phi) is 5.23. The predicted molar refractivity (Wildman–Crippen MR) is 99.0 cm³/mol. The fourth-order valence-corrected chi connectivity index (χ4v) is 3.20. The number of aromatic nitrogens is 3. The molecule has 0 aliphatic heterocycles. The molecule has 0 radical (unpaired) electrons. The maximum absolute atomic E-state index is 11.9. The molecule has 0 spiro atoms. The van der Waals surface area contributed by atoms with Crippen molar-refractivity contribution in [2.24, 2.45) is 0 Å². The summed E-state index contributed by atoms with van der Waals surface area (Å²) in [6, 6.07) is 9.87. The maximum atomic E-state index is 11.9. The number of carbonyl (C=O) groups excluding carboxylic acids is 1. The Hall–Kier alpha value is -2.54. The van der Waals surface area contributed by atoms with Crippen molar-refractivity contribution in [2.75, 3.05) is 12.9 Å². The Morgan fingerprint density at radius 2 is 2.08 bits per heavy atom. The van der Waals surface area contributed by atoms with Crippen molar-refractivity contribution in [3.05, 3.63) is 42.7 Å². The normalized spacial score (nSPS) is 11.0.